The van der Waals surface area contributed by atoms with Gasteiger partial charge in [-0.15, -0.1) is 0 Å². The number of rotatable bonds is 4. The molecule has 2 aliphatic heterocycles. The lowest BCUT2D eigenvalue weighted by molar-refractivity contribution is -0.137. The lowest BCUT2D eigenvalue weighted by atomic mass is 10.1. The largest absolute Gasteiger partial charge is 0.481 e. The molecule has 2 saturated heterocycles. The quantitative estimate of drug-likeness (QED) is 0.648. The van der Waals surface area contributed by atoms with Crippen LogP contribution in [0.25, 0.3) is 0 Å². The van der Waals surface area contributed by atoms with Crippen LogP contribution < -0.4 is 10.6 Å². The number of hydrogen-bond donors (Lipinski definition) is 3. The van der Waals surface area contributed by atoms with Crippen molar-refractivity contribution in [1.82, 2.24) is 20.4 Å². The highest BCUT2D eigenvalue weighted by Crippen LogP contribution is 2.14. The van der Waals surface area contributed by atoms with Crippen LogP contribution in [0.15, 0.2) is 0 Å². The molecule has 0 saturated carbocycles. The molecule has 3 N–H and O–H groups in total. The average Bonchev–Trinajstić information content (AvgIpc) is 2.76. The van der Waals surface area contributed by atoms with E-state index in [9.17, 15) is 14.4 Å². The first kappa shape index (κ1) is 14.4. The van der Waals surface area contributed by atoms with E-state index in [4.69, 9.17) is 5.11 Å². The summed E-state index contributed by atoms with van der Waals surface area (Å²) < 4.78 is 0. The SMILES string of the molecule is CC(CNC(=O)N1CCN2C(=O)NCC2C1)CC(=O)O. The summed E-state index contributed by atoms with van der Waals surface area (Å²) >= 11 is 0. The number of nitrogens with zero attached hydrogens (tertiary/aromatic N) is 2. The third-order valence-corrected chi connectivity index (χ3v) is 3.64. The van der Waals surface area contributed by atoms with Crippen molar-refractivity contribution < 1.29 is 19.5 Å². The highest BCUT2D eigenvalue weighted by Gasteiger charge is 2.36. The third kappa shape index (κ3) is 3.31. The number of carbonyl (C=O) groups is 3. The molecule has 0 aliphatic carbocycles. The molecule has 2 heterocycles. The Balaban J connectivity index is 1.76. The number of urea groups is 2. The average molecular weight is 284 g/mol. The zero-order chi connectivity index (χ0) is 14.7. The highest BCUT2D eigenvalue weighted by atomic mass is 16.4. The van der Waals surface area contributed by atoms with E-state index >= 15 is 0 Å². The Morgan fingerprint density at radius 1 is 1.50 bits per heavy atom. The minimum atomic E-state index is -0.865. The van der Waals surface area contributed by atoms with E-state index in [1.54, 1.807) is 16.7 Å². The molecule has 2 aliphatic rings. The summed E-state index contributed by atoms with van der Waals surface area (Å²) in [4.78, 5) is 37.4. The van der Waals surface area contributed by atoms with Crippen LogP contribution >= 0.6 is 0 Å². The third-order valence-electron chi connectivity index (χ3n) is 3.64. The van der Waals surface area contributed by atoms with Crippen LogP contribution in [0.3, 0.4) is 0 Å². The maximum atomic E-state index is 12.0. The second-order valence-corrected chi connectivity index (χ2v) is 5.37. The Bertz CT molecular complexity index is 414. The van der Waals surface area contributed by atoms with Crippen LogP contribution in [0.4, 0.5) is 9.59 Å². The van der Waals surface area contributed by atoms with Crippen LogP contribution in [-0.2, 0) is 4.79 Å². The van der Waals surface area contributed by atoms with E-state index in [0.717, 1.165) is 0 Å². The number of amides is 4. The first-order valence-electron chi connectivity index (χ1n) is 6.76. The van der Waals surface area contributed by atoms with Crippen molar-refractivity contribution in [1.29, 1.82) is 0 Å². The lowest BCUT2D eigenvalue weighted by Crippen LogP contribution is -2.56. The predicted molar refractivity (Wildman–Crippen MR) is 70.3 cm³/mol. The second-order valence-electron chi connectivity index (χ2n) is 5.37. The van der Waals surface area contributed by atoms with Crippen LogP contribution in [0.1, 0.15) is 13.3 Å². The molecule has 8 heteroatoms. The molecule has 4 amide bonds. The maximum absolute atomic E-state index is 12.0. The summed E-state index contributed by atoms with van der Waals surface area (Å²) in [5.74, 6) is -0.969. The number of piperazine rings is 1. The Morgan fingerprint density at radius 3 is 2.95 bits per heavy atom. The summed E-state index contributed by atoms with van der Waals surface area (Å²) in [6.45, 7) is 4.24. The molecular weight excluding hydrogens is 264 g/mol. The number of aliphatic carboxylic acids is 1. The predicted octanol–water partition coefficient (Wildman–Crippen LogP) is -0.484. The lowest BCUT2D eigenvalue weighted by Gasteiger charge is -2.36. The van der Waals surface area contributed by atoms with Gasteiger partial charge < -0.3 is 25.5 Å². The summed E-state index contributed by atoms with van der Waals surface area (Å²) in [6.07, 6.45) is 0.0368. The molecule has 2 fully saturated rings. The molecule has 0 spiro atoms. The Kier molecular flexibility index (Phi) is 4.31. The van der Waals surface area contributed by atoms with Crippen LogP contribution in [0.5, 0.6) is 0 Å². The topological polar surface area (TPSA) is 102 Å². The molecule has 8 nitrogen and oxygen atoms in total. The van der Waals surface area contributed by atoms with Gasteiger partial charge in [-0.05, 0) is 5.92 Å². The molecule has 0 aromatic rings. The van der Waals surface area contributed by atoms with E-state index in [0.29, 0.717) is 32.7 Å². The van der Waals surface area contributed by atoms with Gasteiger partial charge in [-0.1, -0.05) is 6.92 Å². The summed E-state index contributed by atoms with van der Waals surface area (Å²) in [7, 11) is 0. The first-order chi connectivity index (χ1) is 9.47. The standard InChI is InChI=1S/C12H20N4O4/c1-8(4-10(17)18)5-13-11(19)15-2-3-16-9(7-15)6-14-12(16)20/h8-9H,2-7H2,1H3,(H,13,19)(H,14,20)(H,17,18). The molecule has 0 aromatic heterocycles. The molecule has 2 rings (SSSR count). The Morgan fingerprint density at radius 2 is 2.25 bits per heavy atom. The molecule has 2 atom stereocenters. The van der Waals surface area contributed by atoms with Gasteiger partial charge in [0.2, 0.25) is 0 Å². The van der Waals surface area contributed by atoms with Gasteiger partial charge in [-0.25, -0.2) is 9.59 Å². The Labute approximate surface area is 117 Å². The van der Waals surface area contributed by atoms with Gasteiger partial charge in [0.15, 0.2) is 0 Å². The molecule has 20 heavy (non-hydrogen) atoms. The molecular formula is C12H20N4O4. The smallest absolute Gasteiger partial charge is 0.317 e. The van der Waals surface area contributed by atoms with Crippen molar-refractivity contribution in [2.24, 2.45) is 5.92 Å². The zero-order valence-electron chi connectivity index (χ0n) is 11.5. The summed E-state index contributed by atoms with van der Waals surface area (Å²) in [5, 5.41) is 14.2. The fourth-order valence-corrected chi connectivity index (χ4v) is 2.53. The van der Waals surface area contributed by atoms with Crippen LogP contribution in [0, 0.1) is 5.92 Å². The molecule has 0 bridgehead atoms. The Hall–Kier alpha value is -1.99. The highest BCUT2D eigenvalue weighted by molar-refractivity contribution is 5.78. The summed E-state index contributed by atoms with van der Waals surface area (Å²) in [6, 6.07) is -0.218. The number of carboxylic acid groups (broad SMARTS) is 1. The number of hydrogen-bond acceptors (Lipinski definition) is 3. The van der Waals surface area contributed by atoms with Gasteiger partial charge in [0.25, 0.3) is 0 Å². The second kappa shape index (κ2) is 5.98. The fraction of sp³-hybridized carbons (Fsp3) is 0.750. The molecule has 0 aromatic carbocycles. The van der Waals surface area contributed by atoms with Gasteiger partial charge in [0.05, 0.1) is 6.04 Å². The number of nitrogens with one attached hydrogen (secondary N) is 2. The van der Waals surface area contributed by atoms with E-state index < -0.39 is 5.97 Å². The van der Waals surface area contributed by atoms with Gasteiger partial charge in [-0.2, -0.15) is 0 Å². The maximum Gasteiger partial charge on any atom is 0.317 e. The van der Waals surface area contributed by atoms with Gasteiger partial charge in [0, 0.05) is 39.1 Å². The minimum Gasteiger partial charge on any atom is -0.481 e. The van der Waals surface area contributed by atoms with Gasteiger partial charge in [0.1, 0.15) is 0 Å². The number of carboxylic acids is 1. The van der Waals surface area contributed by atoms with Crippen molar-refractivity contribution in [3.63, 3.8) is 0 Å². The van der Waals surface area contributed by atoms with Crippen molar-refractivity contribution in [3.05, 3.63) is 0 Å². The molecule has 112 valence electrons. The molecule has 0 radical (unpaired) electrons. The monoisotopic (exact) mass is 284 g/mol. The van der Waals surface area contributed by atoms with Crippen molar-refractivity contribution in [2.45, 2.75) is 19.4 Å². The number of fused-ring (bicyclic) bond motifs is 1. The van der Waals surface area contributed by atoms with Crippen molar-refractivity contribution in [3.8, 4) is 0 Å². The normalized spacial score (nSPS) is 23.1. The van der Waals surface area contributed by atoms with Crippen LogP contribution in [0.2, 0.25) is 0 Å². The fourth-order valence-electron chi connectivity index (χ4n) is 2.53. The van der Waals surface area contributed by atoms with E-state index in [2.05, 4.69) is 10.6 Å². The van der Waals surface area contributed by atoms with Crippen LogP contribution in [-0.4, -0.2) is 71.7 Å². The van der Waals surface area contributed by atoms with Crippen molar-refractivity contribution in [2.75, 3.05) is 32.7 Å². The summed E-state index contributed by atoms with van der Waals surface area (Å²) in [5.41, 5.74) is 0. The molecule has 2 unspecified atom stereocenters. The van der Waals surface area contributed by atoms with Crippen molar-refractivity contribution >= 4 is 18.0 Å². The van der Waals surface area contributed by atoms with E-state index in [1.165, 1.54) is 0 Å². The minimum absolute atomic E-state index is 0.0368. The zero-order valence-corrected chi connectivity index (χ0v) is 11.5. The van der Waals surface area contributed by atoms with Gasteiger partial charge in [-0.3, -0.25) is 4.79 Å². The first-order valence-corrected chi connectivity index (χ1v) is 6.76. The number of carbonyl (C=O) groups excluding carboxylic acids is 2. The van der Waals surface area contributed by atoms with Gasteiger partial charge >= 0.3 is 18.0 Å². The van der Waals surface area contributed by atoms with E-state index in [-0.39, 0.29) is 30.4 Å². The van der Waals surface area contributed by atoms with E-state index in [1.807, 2.05) is 0 Å².